The van der Waals surface area contributed by atoms with E-state index >= 15 is 0 Å². The van der Waals surface area contributed by atoms with Gasteiger partial charge < -0.3 is 20.1 Å². The number of guanidine groups is 1. The highest BCUT2D eigenvalue weighted by molar-refractivity contribution is 7.99. The highest BCUT2D eigenvalue weighted by Crippen LogP contribution is 2.28. The van der Waals surface area contributed by atoms with Gasteiger partial charge in [0.2, 0.25) is 0 Å². The van der Waals surface area contributed by atoms with Crippen molar-refractivity contribution in [2.75, 3.05) is 33.6 Å². The maximum atomic E-state index is 5.52. The van der Waals surface area contributed by atoms with E-state index in [0.717, 1.165) is 18.1 Å². The summed E-state index contributed by atoms with van der Waals surface area (Å²) in [6.07, 6.45) is 7.35. The van der Waals surface area contributed by atoms with E-state index < -0.39 is 0 Å². The number of nitrogens with zero attached hydrogens (tertiary/aromatic N) is 1. The van der Waals surface area contributed by atoms with Crippen LogP contribution in [0.5, 0.6) is 11.5 Å². The zero-order chi connectivity index (χ0) is 18.0. The quantitative estimate of drug-likeness (QED) is 0.429. The summed E-state index contributed by atoms with van der Waals surface area (Å²) in [6, 6.07) is 5.77. The van der Waals surface area contributed by atoms with E-state index in [1.165, 1.54) is 0 Å². The molecule has 0 amide bonds. The van der Waals surface area contributed by atoms with E-state index in [4.69, 9.17) is 15.9 Å². The largest absolute Gasteiger partial charge is 0.493 e. The first-order chi connectivity index (χ1) is 11.5. The molecule has 0 unspecified atom stereocenters. The van der Waals surface area contributed by atoms with Crippen LogP contribution in [0.2, 0.25) is 0 Å². The summed E-state index contributed by atoms with van der Waals surface area (Å²) in [6.45, 7) is 6.04. The lowest BCUT2D eigenvalue weighted by atomic mass is 10.2. The highest BCUT2D eigenvalue weighted by atomic mass is 32.2. The number of ether oxygens (including phenoxy) is 2. The molecular weight excluding hydrogens is 322 g/mol. The maximum absolute atomic E-state index is 5.52. The van der Waals surface area contributed by atoms with Gasteiger partial charge in [-0.05, 0) is 37.8 Å². The first kappa shape index (κ1) is 20.0. The van der Waals surface area contributed by atoms with E-state index in [0.29, 0.717) is 18.0 Å². The van der Waals surface area contributed by atoms with E-state index in [1.807, 2.05) is 30.0 Å². The third kappa shape index (κ3) is 6.63. The molecule has 0 bridgehead atoms. The molecule has 0 aliphatic rings. The molecule has 2 N–H and O–H groups in total. The van der Waals surface area contributed by atoms with Gasteiger partial charge >= 0.3 is 0 Å². The van der Waals surface area contributed by atoms with Crippen molar-refractivity contribution in [1.29, 1.82) is 0 Å². The number of benzene rings is 1. The minimum absolute atomic E-state index is 0.147. The number of hydrogen-bond acceptors (Lipinski definition) is 4. The molecule has 1 rings (SSSR count). The summed E-state index contributed by atoms with van der Waals surface area (Å²) in [5, 5.41) is 6.63. The average molecular weight is 350 g/mol. The second-order valence-electron chi connectivity index (χ2n) is 5.72. The molecule has 0 aliphatic carbocycles. The zero-order valence-corrected chi connectivity index (χ0v) is 15.9. The number of hydrogen-bond donors (Lipinski definition) is 2. The Morgan fingerprint density at radius 1 is 1.33 bits per heavy atom. The molecule has 132 valence electrons. The molecule has 0 aliphatic heterocycles. The Bertz CT molecular complexity index is 594. The van der Waals surface area contributed by atoms with Crippen LogP contribution in [0, 0.1) is 12.3 Å². The third-order valence-electron chi connectivity index (χ3n) is 3.46. The Labute approximate surface area is 149 Å². The molecule has 0 atom stereocenters. The Kier molecular flexibility index (Phi) is 8.34. The summed E-state index contributed by atoms with van der Waals surface area (Å²) in [5.41, 5.74) is 1.05. The fourth-order valence-electron chi connectivity index (χ4n) is 1.84. The second kappa shape index (κ2) is 9.99. The van der Waals surface area contributed by atoms with E-state index in [1.54, 1.807) is 14.2 Å². The lowest BCUT2D eigenvalue weighted by Crippen LogP contribution is -2.42. The molecule has 0 radical (unpaired) electrons. The molecule has 24 heavy (non-hydrogen) atoms. The standard InChI is InChI=1S/C18H27N3O2S/c1-7-10-23-16-11-14(8-9-15(16)22-5)12-20-17(19-4)21-13-18(2,3)24-6/h1,8-9,11H,10,12-13H2,2-6H3,(H2,19,20,21). The van der Waals surface area contributed by atoms with Crippen molar-refractivity contribution in [3.05, 3.63) is 23.8 Å². The smallest absolute Gasteiger partial charge is 0.191 e. The number of aliphatic imine (C=N–C) groups is 1. The number of terminal acetylenes is 1. The molecule has 0 saturated carbocycles. The van der Waals surface area contributed by atoms with Crippen molar-refractivity contribution >= 4 is 17.7 Å². The van der Waals surface area contributed by atoms with Crippen LogP contribution in [-0.2, 0) is 6.54 Å². The van der Waals surface area contributed by atoms with Crippen LogP contribution in [0.1, 0.15) is 19.4 Å². The highest BCUT2D eigenvalue weighted by Gasteiger charge is 2.16. The summed E-state index contributed by atoms with van der Waals surface area (Å²) >= 11 is 1.82. The van der Waals surface area contributed by atoms with Crippen LogP contribution in [0.15, 0.2) is 23.2 Å². The summed E-state index contributed by atoms with van der Waals surface area (Å²) in [7, 11) is 3.37. The molecule has 0 aromatic heterocycles. The Morgan fingerprint density at radius 3 is 2.67 bits per heavy atom. The van der Waals surface area contributed by atoms with E-state index in [-0.39, 0.29) is 11.4 Å². The van der Waals surface area contributed by atoms with Crippen LogP contribution in [0.3, 0.4) is 0 Å². The Morgan fingerprint density at radius 2 is 2.08 bits per heavy atom. The fourth-order valence-corrected chi connectivity index (χ4v) is 2.05. The predicted octanol–water partition coefficient (Wildman–Crippen LogP) is 2.51. The van der Waals surface area contributed by atoms with Crippen molar-refractivity contribution in [2.24, 2.45) is 4.99 Å². The van der Waals surface area contributed by atoms with Gasteiger partial charge in [-0.1, -0.05) is 12.0 Å². The molecule has 0 heterocycles. The molecule has 0 saturated heterocycles. The van der Waals surface area contributed by atoms with Gasteiger partial charge in [0, 0.05) is 24.9 Å². The molecule has 5 nitrogen and oxygen atoms in total. The maximum Gasteiger partial charge on any atom is 0.191 e. The van der Waals surface area contributed by atoms with E-state index in [2.05, 4.69) is 41.6 Å². The van der Waals surface area contributed by atoms with Gasteiger partial charge in [-0.15, -0.1) is 6.42 Å². The third-order valence-corrected chi connectivity index (χ3v) is 4.71. The van der Waals surface area contributed by atoms with Gasteiger partial charge in [-0.25, -0.2) is 0 Å². The lowest BCUT2D eigenvalue weighted by molar-refractivity contribution is 0.330. The van der Waals surface area contributed by atoms with Crippen molar-refractivity contribution in [1.82, 2.24) is 10.6 Å². The van der Waals surface area contributed by atoms with Crippen LogP contribution in [-0.4, -0.2) is 44.3 Å². The number of rotatable bonds is 8. The van der Waals surface area contributed by atoms with Crippen LogP contribution in [0.25, 0.3) is 0 Å². The molecule has 0 fully saturated rings. The van der Waals surface area contributed by atoms with Crippen LogP contribution in [0.4, 0.5) is 0 Å². The number of methoxy groups -OCH3 is 1. The van der Waals surface area contributed by atoms with Crippen molar-refractivity contribution in [3.8, 4) is 23.8 Å². The Balaban J connectivity index is 2.66. The summed E-state index contributed by atoms with van der Waals surface area (Å²) in [5.74, 6) is 4.53. The van der Waals surface area contributed by atoms with E-state index in [9.17, 15) is 0 Å². The molecule has 6 heteroatoms. The second-order valence-corrected chi connectivity index (χ2v) is 7.23. The first-order valence-corrected chi connectivity index (χ1v) is 8.91. The minimum Gasteiger partial charge on any atom is -0.493 e. The average Bonchev–Trinajstić information content (AvgIpc) is 2.60. The van der Waals surface area contributed by atoms with Crippen molar-refractivity contribution in [3.63, 3.8) is 0 Å². The Hall–Kier alpha value is -2.00. The molecule has 1 aromatic rings. The number of thioether (sulfide) groups is 1. The van der Waals surface area contributed by atoms with Gasteiger partial charge in [0.05, 0.1) is 7.11 Å². The van der Waals surface area contributed by atoms with Gasteiger partial charge in [0.25, 0.3) is 0 Å². The normalized spacial score (nSPS) is 11.6. The SMILES string of the molecule is C#CCOc1cc(CNC(=NC)NCC(C)(C)SC)ccc1OC. The van der Waals surface area contributed by atoms with Gasteiger partial charge in [-0.2, -0.15) is 11.8 Å². The van der Waals surface area contributed by atoms with Gasteiger partial charge in [0.1, 0.15) is 6.61 Å². The minimum atomic E-state index is 0.147. The molecule has 1 aromatic carbocycles. The van der Waals surface area contributed by atoms with Gasteiger partial charge in [-0.3, -0.25) is 4.99 Å². The number of nitrogens with one attached hydrogen (secondary N) is 2. The van der Waals surface area contributed by atoms with Crippen LogP contribution < -0.4 is 20.1 Å². The van der Waals surface area contributed by atoms with Crippen molar-refractivity contribution < 1.29 is 9.47 Å². The van der Waals surface area contributed by atoms with Crippen LogP contribution >= 0.6 is 11.8 Å². The van der Waals surface area contributed by atoms with Crippen molar-refractivity contribution in [2.45, 2.75) is 25.1 Å². The fraction of sp³-hybridized carbons (Fsp3) is 0.500. The summed E-state index contributed by atoms with van der Waals surface area (Å²) < 4.78 is 10.9. The monoisotopic (exact) mass is 349 g/mol. The topological polar surface area (TPSA) is 54.9 Å². The molecule has 0 spiro atoms. The van der Waals surface area contributed by atoms with Gasteiger partial charge in [0.15, 0.2) is 17.5 Å². The zero-order valence-electron chi connectivity index (χ0n) is 15.1. The lowest BCUT2D eigenvalue weighted by Gasteiger charge is -2.23. The first-order valence-electron chi connectivity index (χ1n) is 7.68. The summed E-state index contributed by atoms with van der Waals surface area (Å²) in [4.78, 5) is 4.25. The molecular formula is C18H27N3O2S. The predicted molar refractivity (Wildman–Crippen MR) is 103 cm³/mol.